The van der Waals surface area contributed by atoms with E-state index in [9.17, 15) is 13.2 Å². The number of nitrogen functional groups attached to an aromatic ring is 1. The standard InChI is InChI=1S/C17H15F3N4/c18-17(19,20)14-4-2-1-3-12(14)10-16-22-15(23-24-16)9-11-5-7-13(21)8-6-11/h1-8H,9-10,21H2,(H,22,23,24). The monoisotopic (exact) mass is 332 g/mol. The Bertz CT molecular complexity index is 822. The van der Waals surface area contributed by atoms with Crippen LogP contribution in [0.3, 0.4) is 0 Å². The minimum atomic E-state index is -4.39. The van der Waals surface area contributed by atoms with Crippen LogP contribution in [-0.4, -0.2) is 15.2 Å². The highest BCUT2D eigenvalue weighted by molar-refractivity contribution is 5.40. The van der Waals surface area contributed by atoms with Gasteiger partial charge in [-0.3, -0.25) is 5.10 Å². The highest BCUT2D eigenvalue weighted by Gasteiger charge is 2.33. The maximum absolute atomic E-state index is 13.0. The predicted octanol–water partition coefficient (Wildman–Crippen LogP) is 3.59. The summed E-state index contributed by atoms with van der Waals surface area (Å²) >= 11 is 0. The molecule has 0 amide bonds. The van der Waals surface area contributed by atoms with E-state index in [1.54, 1.807) is 18.2 Å². The highest BCUT2D eigenvalue weighted by Crippen LogP contribution is 2.32. The molecular weight excluding hydrogens is 317 g/mol. The number of nitrogens with two attached hydrogens (primary N) is 1. The number of nitrogens with zero attached hydrogens (tertiary/aromatic N) is 2. The van der Waals surface area contributed by atoms with Gasteiger partial charge in [-0.25, -0.2) is 4.98 Å². The molecule has 0 unspecified atom stereocenters. The second-order valence-corrected chi connectivity index (χ2v) is 5.45. The summed E-state index contributed by atoms with van der Waals surface area (Å²) in [5.41, 5.74) is 6.79. The van der Waals surface area contributed by atoms with Crippen LogP contribution >= 0.6 is 0 Å². The van der Waals surface area contributed by atoms with Crippen LogP contribution in [0.4, 0.5) is 18.9 Å². The van der Waals surface area contributed by atoms with E-state index in [2.05, 4.69) is 15.2 Å². The molecule has 24 heavy (non-hydrogen) atoms. The number of hydrogen-bond acceptors (Lipinski definition) is 3. The molecule has 1 heterocycles. The molecule has 0 radical (unpaired) electrons. The molecule has 1 aromatic heterocycles. The van der Waals surface area contributed by atoms with Gasteiger partial charge in [0.25, 0.3) is 0 Å². The Balaban J connectivity index is 1.76. The predicted molar refractivity (Wildman–Crippen MR) is 84.3 cm³/mol. The van der Waals surface area contributed by atoms with E-state index in [0.717, 1.165) is 11.6 Å². The quantitative estimate of drug-likeness (QED) is 0.718. The largest absolute Gasteiger partial charge is 0.416 e. The van der Waals surface area contributed by atoms with E-state index >= 15 is 0 Å². The van der Waals surface area contributed by atoms with Gasteiger partial charge in [0.2, 0.25) is 0 Å². The van der Waals surface area contributed by atoms with Crippen LogP contribution in [0.25, 0.3) is 0 Å². The van der Waals surface area contributed by atoms with Crippen molar-refractivity contribution in [2.45, 2.75) is 19.0 Å². The summed E-state index contributed by atoms with van der Waals surface area (Å²) in [5.74, 6) is 0.927. The number of halogens is 3. The van der Waals surface area contributed by atoms with Crippen molar-refractivity contribution in [1.29, 1.82) is 0 Å². The lowest BCUT2D eigenvalue weighted by Gasteiger charge is -2.11. The molecule has 0 aliphatic rings. The first-order chi connectivity index (χ1) is 11.4. The van der Waals surface area contributed by atoms with Gasteiger partial charge < -0.3 is 5.73 Å². The van der Waals surface area contributed by atoms with E-state index in [4.69, 9.17) is 5.73 Å². The number of rotatable bonds is 4. The van der Waals surface area contributed by atoms with Crippen molar-refractivity contribution in [3.05, 3.63) is 76.9 Å². The fourth-order valence-electron chi connectivity index (χ4n) is 2.44. The zero-order chi connectivity index (χ0) is 17.2. The molecule has 0 spiro atoms. The Labute approximate surface area is 136 Å². The minimum Gasteiger partial charge on any atom is -0.399 e. The summed E-state index contributed by atoms with van der Waals surface area (Å²) in [6.07, 6.45) is -3.86. The summed E-state index contributed by atoms with van der Waals surface area (Å²) in [6, 6.07) is 12.8. The Kier molecular flexibility index (Phi) is 4.24. The number of anilines is 1. The van der Waals surface area contributed by atoms with Gasteiger partial charge in [-0.05, 0) is 29.3 Å². The van der Waals surface area contributed by atoms with Crippen LogP contribution in [0.15, 0.2) is 48.5 Å². The molecule has 0 saturated carbocycles. The minimum absolute atomic E-state index is 0.0217. The molecule has 3 rings (SSSR count). The molecule has 0 fully saturated rings. The smallest absolute Gasteiger partial charge is 0.399 e. The van der Waals surface area contributed by atoms with Gasteiger partial charge in [0.1, 0.15) is 5.82 Å². The third-order valence-corrected chi connectivity index (χ3v) is 3.60. The van der Waals surface area contributed by atoms with Crippen molar-refractivity contribution < 1.29 is 13.2 Å². The van der Waals surface area contributed by atoms with Crippen molar-refractivity contribution in [2.75, 3.05) is 5.73 Å². The van der Waals surface area contributed by atoms with Gasteiger partial charge >= 0.3 is 6.18 Å². The van der Waals surface area contributed by atoms with Crippen molar-refractivity contribution in [2.24, 2.45) is 0 Å². The van der Waals surface area contributed by atoms with Crippen molar-refractivity contribution in [3.63, 3.8) is 0 Å². The zero-order valence-corrected chi connectivity index (χ0v) is 12.6. The van der Waals surface area contributed by atoms with E-state index in [1.165, 1.54) is 12.1 Å². The fourth-order valence-corrected chi connectivity index (χ4v) is 2.44. The molecule has 7 heteroatoms. The topological polar surface area (TPSA) is 67.6 Å². The first-order valence-corrected chi connectivity index (χ1v) is 7.31. The summed E-state index contributed by atoms with van der Waals surface area (Å²) in [5, 5.41) is 6.79. The van der Waals surface area contributed by atoms with Crippen molar-refractivity contribution >= 4 is 5.69 Å². The normalized spacial score (nSPS) is 11.6. The number of aromatic amines is 1. The Morgan fingerprint density at radius 1 is 0.958 bits per heavy atom. The molecule has 0 atom stereocenters. The molecule has 0 bridgehead atoms. The lowest BCUT2D eigenvalue weighted by molar-refractivity contribution is -0.138. The average Bonchev–Trinajstić information content (AvgIpc) is 2.96. The Morgan fingerprint density at radius 3 is 2.38 bits per heavy atom. The molecule has 124 valence electrons. The number of nitrogens with one attached hydrogen (secondary N) is 1. The Morgan fingerprint density at radius 2 is 1.67 bits per heavy atom. The van der Waals surface area contributed by atoms with Gasteiger partial charge in [0.05, 0.1) is 5.56 Å². The molecule has 2 aromatic carbocycles. The first-order valence-electron chi connectivity index (χ1n) is 7.31. The lowest BCUT2D eigenvalue weighted by atomic mass is 10.0. The number of benzene rings is 2. The number of hydrogen-bond donors (Lipinski definition) is 2. The molecule has 4 nitrogen and oxygen atoms in total. The molecule has 3 N–H and O–H groups in total. The molecular formula is C17H15F3N4. The maximum atomic E-state index is 13.0. The number of aromatic nitrogens is 3. The SMILES string of the molecule is Nc1ccc(Cc2nc(Cc3ccccc3C(F)(F)F)n[nH]2)cc1. The van der Waals surface area contributed by atoms with E-state index in [-0.39, 0.29) is 12.0 Å². The van der Waals surface area contributed by atoms with Crippen LogP contribution in [0.5, 0.6) is 0 Å². The maximum Gasteiger partial charge on any atom is 0.416 e. The van der Waals surface area contributed by atoms with Crippen LogP contribution in [0, 0.1) is 0 Å². The van der Waals surface area contributed by atoms with Gasteiger partial charge in [0.15, 0.2) is 5.82 Å². The van der Waals surface area contributed by atoms with Gasteiger partial charge in [-0.15, -0.1) is 0 Å². The van der Waals surface area contributed by atoms with E-state index in [0.29, 0.717) is 23.8 Å². The number of alkyl halides is 3. The van der Waals surface area contributed by atoms with Crippen LogP contribution in [0.2, 0.25) is 0 Å². The van der Waals surface area contributed by atoms with Gasteiger partial charge in [-0.1, -0.05) is 30.3 Å². The first kappa shape index (κ1) is 16.0. The molecule has 0 saturated heterocycles. The third kappa shape index (κ3) is 3.73. The van der Waals surface area contributed by atoms with E-state index in [1.807, 2.05) is 12.1 Å². The summed E-state index contributed by atoms with van der Waals surface area (Å²) in [4.78, 5) is 4.28. The third-order valence-electron chi connectivity index (χ3n) is 3.60. The van der Waals surface area contributed by atoms with Crippen LogP contribution in [0.1, 0.15) is 28.3 Å². The van der Waals surface area contributed by atoms with Crippen LogP contribution < -0.4 is 5.73 Å². The van der Waals surface area contributed by atoms with E-state index < -0.39 is 11.7 Å². The molecule has 3 aromatic rings. The summed E-state index contributed by atoms with van der Waals surface area (Å²) in [7, 11) is 0. The average molecular weight is 332 g/mol. The van der Waals surface area contributed by atoms with Gasteiger partial charge in [0, 0.05) is 18.5 Å². The van der Waals surface area contributed by atoms with Crippen molar-refractivity contribution in [3.8, 4) is 0 Å². The lowest BCUT2D eigenvalue weighted by Crippen LogP contribution is -2.09. The molecule has 0 aliphatic heterocycles. The van der Waals surface area contributed by atoms with Crippen LogP contribution in [-0.2, 0) is 19.0 Å². The Hall–Kier alpha value is -2.83. The number of H-pyrrole nitrogens is 1. The van der Waals surface area contributed by atoms with Gasteiger partial charge in [-0.2, -0.15) is 18.3 Å². The highest BCUT2D eigenvalue weighted by atomic mass is 19.4. The summed E-state index contributed by atoms with van der Waals surface area (Å²) < 4.78 is 39.1. The second kappa shape index (κ2) is 6.35. The second-order valence-electron chi connectivity index (χ2n) is 5.45. The summed E-state index contributed by atoms with van der Waals surface area (Å²) in [6.45, 7) is 0. The zero-order valence-electron chi connectivity index (χ0n) is 12.6. The molecule has 0 aliphatic carbocycles. The van der Waals surface area contributed by atoms with Crippen molar-refractivity contribution in [1.82, 2.24) is 15.2 Å². The fraction of sp³-hybridized carbons (Fsp3) is 0.176.